The SMILES string of the molecule is C[C@@H]1CC[C@](O)(c2ccc(OCc3ccccc3)c(OCc3ccccc3)c2)CN1Cc1ccccc1. The first-order valence-electron chi connectivity index (χ1n) is 13.1. The fourth-order valence-corrected chi connectivity index (χ4v) is 4.97. The van der Waals surface area contributed by atoms with E-state index in [4.69, 9.17) is 9.47 Å². The Morgan fingerprint density at radius 3 is 1.86 bits per heavy atom. The molecule has 37 heavy (non-hydrogen) atoms. The number of hydrogen-bond acceptors (Lipinski definition) is 4. The van der Waals surface area contributed by atoms with Gasteiger partial charge < -0.3 is 14.6 Å². The van der Waals surface area contributed by atoms with Crippen LogP contribution in [-0.4, -0.2) is 22.6 Å². The number of ether oxygens (including phenoxy) is 2. The second-order valence-electron chi connectivity index (χ2n) is 10.0. The van der Waals surface area contributed by atoms with Crippen LogP contribution in [0.1, 0.15) is 42.0 Å². The molecule has 0 unspecified atom stereocenters. The van der Waals surface area contributed by atoms with Crippen molar-refractivity contribution in [2.24, 2.45) is 0 Å². The second-order valence-corrected chi connectivity index (χ2v) is 10.0. The summed E-state index contributed by atoms with van der Waals surface area (Å²) in [7, 11) is 0. The Bertz CT molecular complexity index is 1260. The van der Waals surface area contributed by atoms with Gasteiger partial charge in [-0.25, -0.2) is 0 Å². The van der Waals surface area contributed by atoms with Gasteiger partial charge in [0.05, 0.1) is 0 Å². The predicted molar refractivity (Wildman–Crippen MR) is 147 cm³/mol. The number of benzene rings is 4. The lowest BCUT2D eigenvalue weighted by Crippen LogP contribution is -2.49. The third-order valence-corrected chi connectivity index (χ3v) is 7.25. The van der Waals surface area contributed by atoms with Gasteiger partial charge in [0, 0.05) is 19.1 Å². The molecule has 1 aliphatic rings. The number of nitrogens with zero attached hydrogens (tertiary/aromatic N) is 1. The zero-order valence-corrected chi connectivity index (χ0v) is 21.4. The van der Waals surface area contributed by atoms with Crippen molar-refractivity contribution < 1.29 is 14.6 Å². The van der Waals surface area contributed by atoms with Crippen LogP contribution in [-0.2, 0) is 25.4 Å². The van der Waals surface area contributed by atoms with Gasteiger partial charge in [-0.1, -0.05) is 97.1 Å². The summed E-state index contributed by atoms with van der Waals surface area (Å²) in [4.78, 5) is 2.38. The van der Waals surface area contributed by atoms with Crippen molar-refractivity contribution in [3.05, 3.63) is 131 Å². The van der Waals surface area contributed by atoms with Crippen LogP contribution < -0.4 is 9.47 Å². The Hall–Kier alpha value is -3.60. The predicted octanol–water partition coefficient (Wildman–Crippen LogP) is 6.72. The maximum absolute atomic E-state index is 11.9. The van der Waals surface area contributed by atoms with E-state index in [9.17, 15) is 5.11 Å². The molecular formula is C33H35NO3. The highest BCUT2D eigenvalue weighted by molar-refractivity contribution is 5.45. The first-order valence-corrected chi connectivity index (χ1v) is 13.1. The topological polar surface area (TPSA) is 41.9 Å². The van der Waals surface area contributed by atoms with E-state index in [1.54, 1.807) is 0 Å². The number of hydrogen-bond donors (Lipinski definition) is 1. The zero-order chi connectivity index (χ0) is 25.5. The average molecular weight is 494 g/mol. The first kappa shape index (κ1) is 25.1. The molecule has 1 heterocycles. The molecule has 5 rings (SSSR count). The maximum atomic E-state index is 11.9. The van der Waals surface area contributed by atoms with Crippen LogP contribution in [0.5, 0.6) is 11.5 Å². The monoisotopic (exact) mass is 493 g/mol. The lowest BCUT2D eigenvalue weighted by atomic mass is 9.83. The molecule has 0 aliphatic carbocycles. The van der Waals surface area contributed by atoms with Crippen LogP contribution >= 0.6 is 0 Å². The van der Waals surface area contributed by atoms with E-state index < -0.39 is 5.60 Å². The molecule has 0 bridgehead atoms. The van der Waals surface area contributed by atoms with Gasteiger partial charge in [0.25, 0.3) is 0 Å². The summed E-state index contributed by atoms with van der Waals surface area (Å²) >= 11 is 0. The van der Waals surface area contributed by atoms with Crippen LogP contribution in [0.15, 0.2) is 109 Å². The minimum atomic E-state index is -0.954. The summed E-state index contributed by atoms with van der Waals surface area (Å²) in [6.45, 7) is 4.53. The number of piperidine rings is 1. The van der Waals surface area contributed by atoms with Crippen LogP contribution in [0, 0.1) is 0 Å². The summed E-state index contributed by atoms with van der Waals surface area (Å²) in [6, 6.07) is 37.0. The highest BCUT2D eigenvalue weighted by Crippen LogP contribution is 2.39. The van der Waals surface area contributed by atoms with Crippen LogP contribution in [0.2, 0.25) is 0 Å². The van der Waals surface area contributed by atoms with Crippen molar-refractivity contribution in [1.29, 1.82) is 0 Å². The minimum absolute atomic E-state index is 0.405. The van der Waals surface area contributed by atoms with Crippen molar-refractivity contribution in [3.8, 4) is 11.5 Å². The summed E-state index contributed by atoms with van der Waals surface area (Å²) in [5, 5.41) is 11.9. The second kappa shape index (κ2) is 11.6. The van der Waals surface area contributed by atoms with Gasteiger partial charge in [-0.05, 0) is 54.2 Å². The number of rotatable bonds is 9. The summed E-state index contributed by atoms with van der Waals surface area (Å²) in [5.41, 5.74) is 3.35. The Kier molecular flexibility index (Phi) is 7.88. The molecule has 0 radical (unpaired) electrons. The van der Waals surface area contributed by atoms with Gasteiger partial charge in [-0.2, -0.15) is 0 Å². The van der Waals surface area contributed by atoms with E-state index in [2.05, 4.69) is 36.1 Å². The van der Waals surface area contributed by atoms with Gasteiger partial charge in [0.2, 0.25) is 0 Å². The van der Waals surface area contributed by atoms with Gasteiger partial charge in [0.1, 0.15) is 18.8 Å². The molecule has 1 saturated heterocycles. The first-order chi connectivity index (χ1) is 18.1. The summed E-state index contributed by atoms with van der Waals surface area (Å²) in [5.74, 6) is 1.33. The Morgan fingerprint density at radius 1 is 0.730 bits per heavy atom. The van der Waals surface area contributed by atoms with Gasteiger partial charge in [-0.15, -0.1) is 0 Å². The normalized spacial score (nSPS) is 19.9. The van der Waals surface area contributed by atoms with E-state index in [-0.39, 0.29) is 0 Å². The van der Waals surface area contributed by atoms with Crippen molar-refractivity contribution in [2.75, 3.05) is 6.54 Å². The van der Waals surface area contributed by atoms with Crippen LogP contribution in [0.4, 0.5) is 0 Å². The Morgan fingerprint density at radius 2 is 1.27 bits per heavy atom. The molecule has 4 heteroatoms. The third kappa shape index (κ3) is 6.40. The van der Waals surface area contributed by atoms with Crippen molar-refractivity contribution in [3.63, 3.8) is 0 Å². The third-order valence-electron chi connectivity index (χ3n) is 7.25. The maximum Gasteiger partial charge on any atom is 0.162 e. The Balaban J connectivity index is 1.38. The summed E-state index contributed by atoms with van der Waals surface area (Å²) in [6.07, 6.45) is 1.64. The van der Waals surface area contributed by atoms with Gasteiger partial charge in [-0.3, -0.25) is 4.90 Å². The van der Waals surface area contributed by atoms with E-state index >= 15 is 0 Å². The van der Waals surface area contributed by atoms with Gasteiger partial charge in [0.15, 0.2) is 11.5 Å². The van der Waals surface area contributed by atoms with Gasteiger partial charge >= 0.3 is 0 Å². The molecule has 1 N–H and O–H groups in total. The van der Waals surface area contributed by atoms with Crippen LogP contribution in [0.25, 0.3) is 0 Å². The fraction of sp³-hybridized carbons (Fsp3) is 0.273. The summed E-state index contributed by atoms with van der Waals surface area (Å²) < 4.78 is 12.5. The quantitative estimate of drug-likeness (QED) is 0.281. The molecule has 0 aromatic heterocycles. The smallest absolute Gasteiger partial charge is 0.162 e. The van der Waals surface area contributed by atoms with Crippen molar-refractivity contribution in [2.45, 2.75) is 51.2 Å². The minimum Gasteiger partial charge on any atom is -0.485 e. The molecule has 0 saturated carbocycles. The standard InChI is InChI=1S/C33H35NO3/c1-26-19-20-33(35,25-34(26)22-27-11-5-2-6-12-27)30-17-18-31(36-23-28-13-7-3-8-14-28)32(21-30)37-24-29-15-9-4-10-16-29/h2-18,21,26,35H,19-20,22-25H2,1H3/t26-,33-/m1/s1. The molecule has 190 valence electrons. The Labute approximate surface area is 220 Å². The lowest BCUT2D eigenvalue weighted by Gasteiger charge is -2.43. The molecule has 4 nitrogen and oxygen atoms in total. The molecule has 4 aromatic carbocycles. The molecular weight excluding hydrogens is 458 g/mol. The molecule has 1 fully saturated rings. The molecule has 0 spiro atoms. The fourth-order valence-electron chi connectivity index (χ4n) is 4.97. The van der Waals surface area contributed by atoms with E-state index in [1.807, 2.05) is 84.9 Å². The van der Waals surface area contributed by atoms with Crippen molar-refractivity contribution >= 4 is 0 Å². The lowest BCUT2D eigenvalue weighted by molar-refractivity contribution is -0.0569. The number of aliphatic hydroxyl groups is 1. The van der Waals surface area contributed by atoms with E-state index in [0.29, 0.717) is 43.7 Å². The van der Waals surface area contributed by atoms with E-state index in [0.717, 1.165) is 29.7 Å². The van der Waals surface area contributed by atoms with Crippen molar-refractivity contribution in [1.82, 2.24) is 4.90 Å². The molecule has 4 aromatic rings. The highest BCUT2D eigenvalue weighted by Gasteiger charge is 2.38. The highest BCUT2D eigenvalue weighted by atomic mass is 16.5. The number of likely N-dealkylation sites (tertiary alicyclic amines) is 1. The largest absolute Gasteiger partial charge is 0.485 e. The molecule has 1 aliphatic heterocycles. The number of β-amino-alcohol motifs (C(OH)–C–C–N with tert-alkyl or cyclic N) is 1. The van der Waals surface area contributed by atoms with E-state index in [1.165, 1.54) is 5.56 Å². The molecule has 2 atom stereocenters. The molecule has 0 amide bonds. The average Bonchev–Trinajstić information content (AvgIpc) is 2.95. The van der Waals surface area contributed by atoms with Crippen LogP contribution in [0.3, 0.4) is 0 Å². The zero-order valence-electron chi connectivity index (χ0n) is 21.4.